The normalized spacial score (nSPS) is 10.6. The maximum absolute atomic E-state index is 12.6. The van der Waals surface area contributed by atoms with Crippen LogP contribution in [0.25, 0.3) is 0 Å². The topological polar surface area (TPSA) is 33.2 Å². The Hall–Kier alpha value is -1.68. The van der Waals surface area contributed by atoms with Gasteiger partial charge in [-0.25, -0.2) is 4.98 Å². The largest absolute Gasteiger partial charge is 0.297 e. The molecule has 0 atom stereocenters. The molecule has 1 aromatic carbocycles. The molecule has 0 unspecified atom stereocenters. The van der Waals surface area contributed by atoms with Crippen LogP contribution in [0.15, 0.2) is 47.1 Å². The van der Waals surface area contributed by atoms with Gasteiger partial charge >= 0.3 is 0 Å². The molecule has 1 heterocycles. The van der Waals surface area contributed by atoms with E-state index in [-0.39, 0.29) is 5.91 Å². The fourth-order valence-corrected chi connectivity index (χ4v) is 2.70. The number of amides is 1. The first-order chi connectivity index (χ1) is 11.1. The number of rotatable bonds is 7. The van der Waals surface area contributed by atoms with E-state index in [2.05, 4.69) is 52.1 Å². The SMILES string of the molecule is CCCCc1ccc(CC(=O)N(CC)c2ccc(Br)cn2)cc1. The zero-order chi connectivity index (χ0) is 16.7. The van der Waals surface area contributed by atoms with Crippen LogP contribution in [0.5, 0.6) is 0 Å². The molecular formula is C19H23BrN2O. The fourth-order valence-electron chi connectivity index (χ4n) is 2.47. The highest BCUT2D eigenvalue weighted by molar-refractivity contribution is 9.10. The first kappa shape index (κ1) is 17.7. The minimum absolute atomic E-state index is 0.0728. The second kappa shape index (κ2) is 8.82. The van der Waals surface area contributed by atoms with Crippen LogP contribution in [-0.4, -0.2) is 17.4 Å². The molecule has 0 bridgehead atoms. The minimum Gasteiger partial charge on any atom is -0.297 e. The quantitative estimate of drug-likeness (QED) is 0.698. The lowest BCUT2D eigenvalue weighted by Gasteiger charge is -2.20. The van der Waals surface area contributed by atoms with Crippen molar-refractivity contribution in [2.24, 2.45) is 0 Å². The molecule has 0 fully saturated rings. The molecule has 0 saturated carbocycles. The third-order valence-electron chi connectivity index (χ3n) is 3.80. The van der Waals surface area contributed by atoms with E-state index >= 15 is 0 Å². The number of unbranched alkanes of at least 4 members (excludes halogenated alkanes) is 1. The van der Waals surface area contributed by atoms with Gasteiger partial charge in [-0.05, 0) is 59.0 Å². The molecule has 0 aliphatic heterocycles. The van der Waals surface area contributed by atoms with Gasteiger partial charge in [-0.1, -0.05) is 37.6 Å². The number of carbonyl (C=O) groups is 1. The summed E-state index contributed by atoms with van der Waals surface area (Å²) in [5.74, 6) is 0.767. The van der Waals surface area contributed by atoms with Crippen LogP contribution in [0, 0.1) is 0 Å². The molecular weight excluding hydrogens is 352 g/mol. The molecule has 0 N–H and O–H groups in total. The maximum atomic E-state index is 12.6. The number of carbonyl (C=O) groups excluding carboxylic acids is 1. The third-order valence-corrected chi connectivity index (χ3v) is 4.27. The van der Waals surface area contributed by atoms with Crippen molar-refractivity contribution >= 4 is 27.7 Å². The zero-order valence-corrected chi connectivity index (χ0v) is 15.3. The average molecular weight is 375 g/mol. The molecule has 0 radical (unpaired) electrons. The lowest BCUT2D eigenvalue weighted by Crippen LogP contribution is -2.32. The molecule has 122 valence electrons. The van der Waals surface area contributed by atoms with E-state index in [9.17, 15) is 4.79 Å². The Bertz CT molecular complexity index is 623. The summed E-state index contributed by atoms with van der Waals surface area (Å²) in [7, 11) is 0. The summed E-state index contributed by atoms with van der Waals surface area (Å²) < 4.78 is 0.910. The van der Waals surface area contributed by atoms with E-state index in [0.29, 0.717) is 18.8 Å². The number of hydrogen-bond acceptors (Lipinski definition) is 2. The van der Waals surface area contributed by atoms with Gasteiger partial charge in [-0.15, -0.1) is 0 Å². The van der Waals surface area contributed by atoms with Crippen molar-refractivity contribution in [2.45, 2.75) is 39.5 Å². The summed E-state index contributed by atoms with van der Waals surface area (Å²) in [6.07, 6.45) is 5.63. The molecule has 0 saturated heterocycles. The van der Waals surface area contributed by atoms with Crippen LogP contribution in [-0.2, 0) is 17.6 Å². The smallest absolute Gasteiger partial charge is 0.232 e. The van der Waals surface area contributed by atoms with Crippen LogP contribution in [0.3, 0.4) is 0 Å². The lowest BCUT2D eigenvalue weighted by molar-refractivity contribution is -0.118. The Morgan fingerprint density at radius 1 is 1.09 bits per heavy atom. The Morgan fingerprint density at radius 2 is 1.78 bits per heavy atom. The van der Waals surface area contributed by atoms with Crippen LogP contribution < -0.4 is 4.90 Å². The van der Waals surface area contributed by atoms with Crippen molar-refractivity contribution in [3.8, 4) is 0 Å². The summed E-state index contributed by atoms with van der Waals surface area (Å²) >= 11 is 3.37. The van der Waals surface area contributed by atoms with E-state index in [1.54, 1.807) is 11.1 Å². The van der Waals surface area contributed by atoms with Gasteiger partial charge in [-0.3, -0.25) is 9.69 Å². The molecule has 2 rings (SSSR count). The Labute approximate surface area is 146 Å². The van der Waals surface area contributed by atoms with Crippen LogP contribution in [0.4, 0.5) is 5.82 Å². The second-order valence-corrected chi connectivity index (χ2v) is 6.49. The molecule has 1 amide bonds. The first-order valence-electron chi connectivity index (χ1n) is 8.13. The van der Waals surface area contributed by atoms with Crippen molar-refractivity contribution in [3.05, 3.63) is 58.2 Å². The second-order valence-electron chi connectivity index (χ2n) is 5.57. The third kappa shape index (κ3) is 5.17. The molecule has 0 aliphatic carbocycles. The number of nitrogens with zero attached hydrogens (tertiary/aromatic N) is 2. The van der Waals surface area contributed by atoms with E-state index in [1.165, 1.54) is 18.4 Å². The minimum atomic E-state index is 0.0728. The van der Waals surface area contributed by atoms with Crippen molar-refractivity contribution in [2.75, 3.05) is 11.4 Å². The summed E-state index contributed by atoms with van der Waals surface area (Å²) in [5.41, 5.74) is 2.38. The Balaban J connectivity index is 2.02. The summed E-state index contributed by atoms with van der Waals surface area (Å²) in [6, 6.07) is 12.1. The highest BCUT2D eigenvalue weighted by atomic mass is 79.9. The predicted octanol–water partition coefficient (Wildman–Crippen LogP) is 4.78. The number of pyridine rings is 1. The highest BCUT2D eigenvalue weighted by Gasteiger charge is 2.15. The van der Waals surface area contributed by atoms with Gasteiger partial charge in [0.05, 0.1) is 6.42 Å². The van der Waals surface area contributed by atoms with Crippen molar-refractivity contribution in [3.63, 3.8) is 0 Å². The van der Waals surface area contributed by atoms with Crippen LogP contribution in [0.1, 0.15) is 37.8 Å². The number of aromatic nitrogens is 1. The number of likely N-dealkylation sites (N-methyl/N-ethyl adjacent to an activating group) is 1. The van der Waals surface area contributed by atoms with Crippen LogP contribution >= 0.6 is 15.9 Å². The maximum Gasteiger partial charge on any atom is 0.232 e. The molecule has 4 heteroatoms. The molecule has 1 aromatic heterocycles. The number of aryl methyl sites for hydroxylation is 1. The Kier molecular flexibility index (Phi) is 6.78. The number of halogens is 1. The molecule has 2 aromatic rings. The zero-order valence-electron chi connectivity index (χ0n) is 13.8. The molecule has 0 aliphatic rings. The first-order valence-corrected chi connectivity index (χ1v) is 8.93. The van der Waals surface area contributed by atoms with Crippen molar-refractivity contribution < 1.29 is 4.79 Å². The van der Waals surface area contributed by atoms with Gasteiger partial charge in [0.1, 0.15) is 5.82 Å². The lowest BCUT2D eigenvalue weighted by atomic mass is 10.0. The summed E-state index contributed by atoms with van der Waals surface area (Å²) in [6.45, 7) is 4.78. The summed E-state index contributed by atoms with van der Waals surface area (Å²) in [5, 5.41) is 0. The van der Waals surface area contributed by atoms with Crippen LogP contribution in [0.2, 0.25) is 0 Å². The van der Waals surface area contributed by atoms with Gasteiger partial charge in [0.15, 0.2) is 0 Å². The molecule has 3 nitrogen and oxygen atoms in total. The van der Waals surface area contributed by atoms with E-state index < -0.39 is 0 Å². The van der Waals surface area contributed by atoms with Crippen molar-refractivity contribution in [1.82, 2.24) is 4.98 Å². The predicted molar refractivity (Wildman–Crippen MR) is 98.7 cm³/mol. The van der Waals surface area contributed by atoms with Gasteiger partial charge < -0.3 is 0 Å². The molecule has 0 spiro atoms. The number of hydrogen-bond donors (Lipinski definition) is 0. The number of benzene rings is 1. The number of anilines is 1. The van der Waals surface area contributed by atoms with E-state index in [0.717, 1.165) is 16.5 Å². The molecule has 23 heavy (non-hydrogen) atoms. The fraction of sp³-hybridized carbons (Fsp3) is 0.368. The monoisotopic (exact) mass is 374 g/mol. The van der Waals surface area contributed by atoms with Gasteiger partial charge in [0, 0.05) is 17.2 Å². The van der Waals surface area contributed by atoms with Gasteiger partial charge in [-0.2, -0.15) is 0 Å². The Morgan fingerprint density at radius 3 is 2.35 bits per heavy atom. The van der Waals surface area contributed by atoms with Crippen molar-refractivity contribution in [1.29, 1.82) is 0 Å². The van der Waals surface area contributed by atoms with Gasteiger partial charge in [0.25, 0.3) is 0 Å². The standard InChI is InChI=1S/C19H23BrN2O/c1-3-5-6-15-7-9-16(10-8-15)13-19(23)22(4-2)18-12-11-17(20)14-21-18/h7-12,14H,3-6,13H2,1-2H3. The summed E-state index contributed by atoms with van der Waals surface area (Å²) in [4.78, 5) is 18.6. The highest BCUT2D eigenvalue weighted by Crippen LogP contribution is 2.16. The van der Waals surface area contributed by atoms with E-state index in [1.807, 2.05) is 19.1 Å². The average Bonchev–Trinajstić information content (AvgIpc) is 2.56. The van der Waals surface area contributed by atoms with E-state index in [4.69, 9.17) is 0 Å². The van der Waals surface area contributed by atoms with Gasteiger partial charge in [0.2, 0.25) is 5.91 Å².